The Balaban J connectivity index is 1.62. The molecule has 5 nitrogen and oxygen atoms in total. The normalized spacial score (nSPS) is 41.3. The first-order valence-corrected chi connectivity index (χ1v) is 10.8. The van der Waals surface area contributed by atoms with Crippen LogP contribution in [0.4, 0.5) is 13.2 Å². The Morgan fingerprint density at radius 1 is 0.828 bits per heavy atom. The van der Waals surface area contributed by atoms with Gasteiger partial charge >= 0.3 is 0 Å². The predicted octanol–water partition coefficient (Wildman–Crippen LogP) is 3.06. The van der Waals surface area contributed by atoms with E-state index < -0.39 is 30.4 Å². The lowest BCUT2D eigenvalue weighted by Gasteiger charge is -2.47. The molecule has 166 valence electrons. The molecule has 3 aliphatic rings. The van der Waals surface area contributed by atoms with Crippen molar-refractivity contribution in [1.29, 1.82) is 0 Å². The summed E-state index contributed by atoms with van der Waals surface area (Å²) in [7, 11) is 1.56. The van der Waals surface area contributed by atoms with Gasteiger partial charge in [0.15, 0.2) is 0 Å². The van der Waals surface area contributed by atoms with Crippen LogP contribution in [0.25, 0.3) is 0 Å². The number of rotatable bonds is 3. The number of carbonyl (C=O) groups excluding carboxylic acids is 2. The van der Waals surface area contributed by atoms with E-state index in [1.165, 1.54) is 0 Å². The summed E-state index contributed by atoms with van der Waals surface area (Å²) in [5, 5.41) is 0. The fourth-order valence-electron chi connectivity index (χ4n) is 5.28. The van der Waals surface area contributed by atoms with Crippen molar-refractivity contribution in [2.45, 2.75) is 89.1 Å². The van der Waals surface area contributed by atoms with Crippen molar-refractivity contribution in [1.82, 2.24) is 9.80 Å². The smallest absolute Gasteiger partial charge is 0.229 e. The number of hydrogen-bond acceptors (Lipinski definition) is 3. The van der Waals surface area contributed by atoms with Crippen molar-refractivity contribution in [2.24, 2.45) is 11.8 Å². The van der Waals surface area contributed by atoms with Crippen LogP contribution >= 0.6 is 0 Å². The maximum Gasteiger partial charge on any atom is 0.229 e. The van der Waals surface area contributed by atoms with Gasteiger partial charge < -0.3 is 14.5 Å². The van der Waals surface area contributed by atoms with E-state index in [0.717, 1.165) is 0 Å². The second-order valence-corrected chi connectivity index (χ2v) is 9.01. The highest BCUT2D eigenvalue weighted by Crippen LogP contribution is 2.34. The van der Waals surface area contributed by atoms with Gasteiger partial charge in [0, 0.05) is 45.1 Å². The zero-order valence-corrected chi connectivity index (χ0v) is 17.5. The van der Waals surface area contributed by atoms with E-state index in [1.54, 1.807) is 16.9 Å². The molecule has 2 amide bonds. The van der Waals surface area contributed by atoms with Crippen molar-refractivity contribution in [3.05, 3.63) is 0 Å². The highest BCUT2D eigenvalue weighted by atomic mass is 19.1. The second-order valence-electron chi connectivity index (χ2n) is 9.01. The summed E-state index contributed by atoms with van der Waals surface area (Å²) in [6, 6.07) is -0.585. The third kappa shape index (κ3) is 4.72. The molecule has 0 bridgehead atoms. The van der Waals surface area contributed by atoms with Crippen LogP contribution in [0.3, 0.4) is 0 Å². The maximum atomic E-state index is 14.5. The summed E-state index contributed by atoms with van der Waals surface area (Å²) in [5.74, 6) is -1.98. The topological polar surface area (TPSA) is 49.9 Å². The number of ether oxygens (including phenoxy) is 1. The number of amides is 2. The van der Waals surface area contributed by atoms with Crippen LogP contribution in [-0.2, 0) is 14.3 Å². The second kappa shape index (κ2) is 9.23. The fraction of sp³-hybridized carbons (Fsp3) is 0.905. The zero-order valence-electron chi connectivity index (χ0n) is 17.5. The molecule has 0 spiro atoms. The van der Waals surface area contributed by atoms with E-state index in [4.69, 9.17) is 4.74 Å². The Hall–Kier alpha value is -1.31. The SMILES string of the molecule is COC1CCC(C(=O)N2C[C@@H](C)N(C(=O)C3CCC(F)CC3F)[C@H](C)C2)C(F)C1. The molecular formula is C21H33F3N2O3. The van der Waals surface area contributed by atoms with Crippen molar-refractivity contribution in [3.63, 3.8) is 0 Å². The third-order valence-electron chi connectivity index (χ3n) is 6.89. The minimum Gasteiger partial charge on any atom is -0.381 e. The average molecular weight is 419 g/mol. The van der Waals surface area contributed by atoms with E-state index in [-0.39, 0.29) is 55.7 Å². The number of nitrogens with zero attached hydrogens (tertiary/aromatic N) is 2. The monoisotopic (exact) mass is 418 g/mol. The molecule has 1 saturated heterocycles. The van der Waals surface area contributed by atoms with Crippen molar-refractivity contribution >= 4 is 11.8 Å². The van der Waals surface area contributed by atoms with Crippen LogP contribution in [0.2, 0.25) is 0 Å². The Labute approximate surface area is 170 Å². The number of piperazine rings is 1. The van der Waals surface area contributed by atoms with Crippen molar-refractivity contribution < 1.29 is 27.5 Å². The summed E-state index contributed by atoms with van der Waals surface area (Å²) in [6.07, 6.45) is -2.47. The van der Waals surface area contributed by atoms with E-state index in [1.807, 2.05) is 13.8 Å². The molecule has 6 unspecified atom stereocenters. The van der Waals surface area contributed by atoms with Gasteiger partial charge in [-0.1, -0.05) is 0 Å². The van der Waals surface area contributed by atoms with Gasteiger partial charge in [-0.05, 0) is 39.5 Å². The number of methoxy groups -OCH3 is 1. The lowest BCUT2D eigenvalue weighted by molar-refractivity contribution is -0.155. The molecular weight excluding hydrogens is 385 g/mol. The van der Waals surface area contributed by atoms with E-state index in [0.29, 0.717) is 25.9 Å². The quantitative estimate of drug-likeness (QED) is 0.708. The van der Waals surface area contributed by atoms with Gasteiger partial charge in [0.25, 0.3) is 0 Å². The summed E-state index contributed by atoms with van der Waals surface area (Å²) in [6.45, 7) is 4.27. The van der Waals surface area contributed by atoms with E-state index >= 15 is 0 Å². The predicted molar refractivity (Wildman–Crippen MR) is 103 cm³/mol. The summed E-state index contributed by atoms with van der Waals surface area (Å²) >= 11 is 0. The molecule has 8 heteroatoms. The number of halogens is 3. The standard InChI is InChI=1S/C21H33F3N2O3/c1-12-10-25(20(27)16-7-5-15(29-3)9-19(16)24)11-13(2)26(12)21(28)17-6-4-14(22)8-18(17)23/h12-19H,4-11H2,1-3H3/t12-,13-,14?,15?,16?,17?,18?,19?/m1/s1. The van der Waals surface area contributed by atoms with Gasteiger partial charge in [-0.3, -0.25) is 9.59 Å². The molecule has 0 N–H and O–H groups in total. The largest absolute Gasteiger partial charge is 0.381 e. The first kappa shape index (κ1) is 22.4. The van der Waals surface area contributed by atoms with Crippen LogP contribution in [0.1, 0.15) is 52.4 Å². The van der Waals surface area contributed by atoms with Gasteiger partial charge in [-0.15, -0.1) is 0 Å². The molecule has 2 aliphatic carbocycles. The molecule has 1 heterocycles. The lowest BCUT2D eigenvalue weighted by atomic mass is 9.83. The highest BCUT2D eigenvalue weighted by molar-refractivity contribution is 5.82. The number of alkyl halides is 3. The highest BCUT2D eigenvalue weighted by Gasteiger charge is 2.44. The first-order chi connectivity index (χ1) is 13.7. The molecule has 0 aromatic carbocycles. The minimum absolute atomic E-state index is 0.144. The average Bonchev–Trinajstić information content (AvgIpc) is 2.66. The summed E-state index contributed by atoms with van der Waals surface area (Å²) < 4.78 is 47.5. The lowest BCUT2D eigenvalue weighted by Crippen LogP contribution is -2.62. The minimum atomic E-state index is -1.46. The number of carbonyl (C=O) groups is 2. The maximum absolute atomic E-state index is 14.5. The van der Waals surface area contributed by atoms with Gasteiger partial charge in [0.05, 0.1) is 17.9 Å². The summed E-state index contributed by atoms with van der Waals surface area (Å²) in [4.78, 5) is 29.2. The van der Waals surface area contributed by atoms with Gasteiger partial charge in [-0.25, -0.2) is 13.2 Å². The zero-order chi connectivity index (χ0) is 21.3. The summed E-state index contributed by atoms with van der Waals surface area (Å²) in [5.41, 5.74) is 0. The molecule has 8 atom stereocenters. The van der Waals surface area contributed by atoms with Gasteiger partial charge in [-0.2, -0.15) is 0 Å². The Kier molecular flexibility index (Phi) is 7.12. The van der Waals surface area contributed by atoms with Crippen molar-refractivity contribution in [3.8, 4) is 0 Å². The molecule has 3 rings (SSSR count). The van der Waals surface area contributed by atoms with Crippen LogP contribution in [0.5, 0.6) is 0 Å². The molecule has 1 aliphatic heterocycles. The molecule has 0 radical (unpaired) electrons. The van der Waals surface area contributed by atoms with Crippen LogP contribution in [0.15, 0.2) is 0 Å². The molecule has 29 heavy (non-hydrogen) atoms. The Morgan fingerprint density at radius 3 is 1.93 bits per heavy atom. The fourth-order valence-corrected chi connectivity index (χ4v) is 5.28. The van der Waals surface area contributed by atoms with Crippen LogP contribution in [-0.4, -0.2) is 78.5 Å². The van der Waals surface area contributed by atoms with Gasteiger partial charge in [0.2, 0.25) is 11.8 Å². The molecule has 2 saturated carbocycles. The van der Waals surface area contributed by atoms with Crippen molar-refractivity contribution in [2.75, 3.05) is 20.2 Å². The van der Waals surface area contributed by atoms with E-state index in [9.17, 15) is 22.8 Å². The van der Waals surface area contributed by atoms with Gasteiger partial charge in [0.1, 0.15) is 18.5 Å². The third-order valence-corrected chi connectivity index (χ3v) is 6.89. The van der Waals surface area contributed by atoms with Crippen LogP contribution < -0.4 is 0 Å². The van der Waals surface area contributed by atoms with Crippen LogP contribution in [0, 0.1) is 11.8 Å². The molecule has 0 aromatic heterocycles. The Morgan fingerprint density at radius 2 is 1.38 bits per heavy atom. The Bertz CT molecular complexity index is 596. The van der Waals surface area contributed by atoms with E-state index in [2.05, 4.69) is 0 Å². The number of hydrogen-bond donors (Lipinski definition) is 0. The first-order valence-electron chi connectivity index (χ1n) is 10.8. The molecule has 0 aromatic rings. The molecule has 3 fully saturated rings.